The molecule has 8 atom stereocenters. The van der Waals surface area contributed by atoms with E-state index in [1.54, 1.807) is 6.92 Å². The van der Waals surface area contributed by atoms with Crippen molar-refractivity contribution in [3.8, 4) is 0 Å². The van der Waals surface area contributed by atoms with Crippen molar-refractivity contribution in [1.29, 1.82) is 0 Å². The number of carboxylic acid groups (broad SMARTS) is 1. The van der Waals surface area contributed by atoms with Crippen molar-refractivity contribution in [1.82, 2.24) is 0 Å². The first-order valence-electron chi connectivity index (χ1n) is 11.7. The molecule has 180 valence electrons. The van der Waals surface area contributed by atoms with Gasteiger partial charge in [0.05, 0.1) is 12.0 Å². The summed E-state index contributed by atoms with van der Waals surface area (Å²) in [6.45, 7) is 8.90. The van der Waals surface area contributed by atoms with Crippen LogP contribution < -0.4 is 0 Å². The predicted molar refractivity (Wildman–Crippen MR) is 114 cm³/mol. The van der Waals surface area contributed by atoms with E-state index < -0.39 is 35.3 Å². The molecule has 2 aliphatic heterocycles. The molecule has 1 N–H and O–H groups in total. The van der Waals surface area contributed by atoms with Gasteiger partial charge in [-0.3, -0.25) is 19.2 Å². The average molecular weight is 453 g/mol. The second-order valence-corrected chi connectivity index (χ2v) is 10.3. The molecule has 32 heavy (non-hydrogen) atoms. The molecule has 1 aliphatic carbocycles. The third-order valence-electron chi connectivity index (χ3n) is 7.73. The summed E-state index contributed by atoms with van der Waals surface area (Å²) in [5.74, 6) is -2.56. The first kappa shape index (κ1) is 24.7. The molecule has 3 fully saturated rings. The number of hydrogen-bond donors (Lipinski definition) is 1. The molecule has 0 bridgehead atoms. The first-order valence-corrected chi connectivity index (χ1v) is 11.7. The number of Topliss-reactive ketones (excluding diaryl/α,β-unsaturated/α-hetero) is 1. The molecule has 0 spiro atoms. The van der Waals surface area contributed by atoms with Crippen LogP contribution in [0.1, 0.15) is 79.6 Å². The Kier molecular flexibility index (Phi) is 7.03. The van der Waals surface area contributed by atoms with Gasteiger partial charge in [-0.1, -0.05) is 13.8 Å². The maximum absolute atomic E-state index is 12.9. The van der Waals surface area contributed by atoms with E-state index >= 15 is 0 Å². The smallest absolute Gasteiger partial charge is 0.309 e. The summed E-state index contributed by atoms with van der Waals surface area (Å²) >= 11 is 0. The van der Waals surface area contributed by atoms with Gasteiger partial charge >= 0.3 is 17.9 Å². The van der Waals surface area contributed by atoms with Gasteiger partial charge in [-0.15, -0.1) is 0 Å². The van der Waals surface area contributed by atoms with Crippen LogP contribution in [0, 0.1) is 23.7 Å². The predicted octanol–water partition coefficient (Wildman–Crippen LogP) is 3.29. The average Bonchev–Trinajstić information content (AvgIpc) is 3.03. The zero-order valence-corrected chi connectivity index (χ0v) is 19.7. The van der Waals surface area contributed by atoms with Gasteiger partial charge in [0, 0.05) is 31.1 Å². The summed E-state index contributed by atoms with van der Waals surface area (Å²) in [5, 5.41) is 9.27. The van der Waals surface area contributed by atoms with Gasteiger partial charge in [0.1, 0.15) is 23.1 Å². The Morgan fingerprint density at radius 1 is 1.22 bits per heavy atom. The van der Waals surface area contributed by atoms with Gasteiger partial charge < -0.3 is 19.3 Å². The second kappa shape index (κ2) is 9.12. The molecule has 3 rings (SSSR count). The topological polar surface area (TPSA) is 116 Å². The van der Waals surface area contributed by atoms with Crippen molar-refractivity contribution in [2.45, 2.75) is 103 Å². The highest BCUT2D eigenvalue weighted by Crippen LogP contribution is 2.58. The molecule has 0 radical (unpaired) electrons. The molecule has 0 aromatic carbocycles. The van der Waals surface area contributed by atoms with Gasteiger partial charge in [0.15, 0.2) is 0 Å². The molecule has 8 nitrogen and oxygen atoms in total. The lowest BCUT2D eigenvalue weighted by atomic mass is 9.58. The Balaban J connectivity index is 2.05. The molecule has 1 saturated carbocycles. The fourth-order valence-electron chi connectivity index (χ4n) is 6.23. The molecular formula is C24H36O8. The molecule has 0 amide bonds. The van der Waals surface area contributed by atoms with E-state index in [4.69, 9.17) is 14.2 Å². The van der Waals surface area contributed by atoms with Gasteiger partial charge in [-0.25, -0.2) is 0 Å². The minimum absolute atomic E-state index is 0.0342. The van der Waals surface area contributed by atoms with Gasteiger partial charge in [-0.05, 0) is 52.4 Å². The van der Waals surface area contributed by atoms with Crippen LogP contribution in [0.25, 0.3) is 0 Å². The van der Waals surface area contributed by atoms with Crippen molar-refractivity contribution >= 4 is 23.7 Å². The van der Waals surface area contributed by atoms with Crippen molar-refractivity contribution in [3.63, 3.8) is 0 Å². The largest absolute Gasteiger partial charge is 0.481 e. The molecule has 8 unspecified atom stereocenters. The van der Waals surface area contributed by atoms with E-state index in [0.29, 0.717) is 25.7 Å². The number of esters is 2. The van der Waals surface area contributed by atoms with Crippen molar-refractivity contribution in [2.24, 2.45) is 23.7 Å². The van der Waals surface area contributed by atoms with Crippen molar-refractivity contribution < 1.29 is 38.5 Å². The Morgan fingerprint density at radius 2 is 1.91 bits per heavy atom. The fourth-order valence-corrected chi connectivity index (χ4v) is 6.23. The number of ketones is 1. The van der Waals surface area contributed by atoms with Crippen LogP contribution in [0.15, 0.2) is 0 Å². The quantitative estimate of drug-likeness (QED) is 0.558. The van der Waals surface area contributed by atoms with Crippen molar-refractivity contribution in [2.75, 3.05) is 0 Å². The lowest BCUT2D eigenvalue weighted by Crippen LogP contribution is -2.54. The Morgan fingerprint density at radius 3 is 2.50 bits per heavy atom. The third kappa shape index (κ3) is 4.56. The molecule has 3 aliphatic rings. The second-order valence-electron chi connectivity index (χ2n) is 10.3. The minimum Gasteiger partial charge on any atom is -0.481 e. The summed E-state index contributed by atoms with van der Waals surface area (Å²) < 4.78 is 18.4. The SMILES string of the molecule is CCCC(=O)OC1(C)CCC2C(C)C(=O)OC(C)(CCC(=O)O)C3OC(CC(C)=O)C1C23. The van der Waals surface area contributed by atoms with Gasteiger partial charge in [0.2, 0.25) is 0 Å². The number of hydrogen-bond acceptors (Lipinski definition) is 7. The Labute approximate surface area is 189 Å². The Hall–Kier alpha value is -1.96. The first-order chi connectivity index (χ1) is 14.9. The van der Waals surface area contributed by atoms with Crippen LogP contribution in [0.4, 0.5) is 0 Å². The normalized spacial score (nSPS) is 40.7. The van der Waals surface area contributed by atoms with Crippen LogP contribution in [-0.4, -0.2) is 52.2 Å². The number of carboxylic acids is 1. The van der Waals surface area contributed by atoms with E-state index in [2.05, 4.69) is 0 Å². The monoisotopic (exact) mass is 452 g/mol. The van der Waals surface area contributed by atoms with E-state index in [0.717, 1.165) is 0 Å². The zero-order chi connectivity index (χ0) is 23.8. The fraction of sp³-hybridized carbons (Fsp3) is 0.833. The molecule has 2 heterocycles. The lowest BCUT2D eigenvalue weighted by molar-refractivity contribution is -0.182. The number of aliphatic carboxylic acids is 1. The summed E-state index contributed by atoms with van der Waals surface area (Å²) in [6, 6.07) is 0. The molecule has 0 aromatic heterocycles. The van der Waals surface area contributed by atoms with Crippen LogP contribution >= 0.6 is 0 Å². The lowest BCUT2D eigenvalue weighted by Gasteiger charge is -2.48. The van der Waals surface area contributed by atoms with E-state index in [1.807, 2.05) is 20.8 Å². The summed E-state index contributed by atoms with van der Waals surface area (Å²) in [6.07, 6.45) is 1.28. The zero-order valence-electron chi connectivity index (χ0n) is 19.7. The number of ether oxygens (including phenoxy) is 3. The molecule has 0 aromatic rings. The highest BCUT2D eigenvalue weighted by molar-refractivity contribution is 5.76. The number of carbonyl (C=O) groups is 4. The van der Waals surface area contributed by atoms with Crippen LogP contribution in [0.2, 0.25) is 0 Å². The maximum Gasteiger partial charge on any atom is 0.309 e. The van der Waals surface area contributed by atoms with E-state index in [1.165, 1.54) is 6.92 Å². The molecular weight excluding hydrogens is 416 g/mol. The highest BCUT2D eigenvalue weighted by Gasteiger charge is 2.66. The summed E-state index contributed by atoms with van der Waals surface area (Å²) in [7, 11) is 0. The minimum atomic E-state index is -1.14. The van der Waals surface area contributed by atoms with E-state index in [9.17, 15) is 24.3 Å². The van der Waals surface area contributed by atoms with Gasteiger partial charge in [0.25, 0.3) is 0 Å². The number of rotatable bonds is 8. The number of cyclic esters (lactones) is 1. The number of carbonyl (C=O) groups excluding carboxylic acids is 3. The van der Waals surface area contributed by atoms with Crippen LogP contribution in [0.5, 0.6) is 0 Å². The van der Waals surface area contributed by atoms with Crippen LogP contribution in [0.3, 0.4) is 0 Å². The van der Waals surface area contributed by atoms with E-state index in [-0.39, 0.29) is 54.7 Å². The maximum atomic E-state index is 12.9. The Bertz CT molecular complexity index is 778. The van der Waals surface area contributed by atoms with Gasteiger partial charge in [-0.2, -0.15) is 0 Å². The summed E-state index contributed by atoms with van der Waals surface area (Å²) in [5.41, 5.74) is -1.97. The third-order valence-corrected chi connectivity index (χ3v) is 7.73. The standard InChI is InChI=1S/C24H36O8/c1-6-7-18(28)31-23(4)10-8-15-14(3)22(29)32-24(5,11-9-17(26)27)21-19(15)20(23)16(30-21)12-13(2)25/h14-16,19-21H,6-12H2,1-5H3,(H,26,27). The summed E-state index contributed by atoms with van der Waals surface area (Å²) in [4.78, 5) is 48.8. The van der Waals surface area contributed by atoms with Crippen molar-refractivity contribution in [3.05, 3.63) is 0 Å². The molecule has 2 saturated heterocycles. The highest BCUT2D eigenvalue weighted by atomic mass is 16.6. The van der Waals surface area contributed by atoms with Crippen LogP contribution in [-0.2, 0) is 33.4 Å². The molecule has 8 heteroatoms.